The van der Waals surface area contributed by atoms with Crippen molar-refractivity contribution in [3.05, 3.63) is 41.2 Å². The summed E-state index contributed by atoms with van der Waals surface area (Å²) < 4.78 is 1.84. The van der Waals surface area contributed by atoms with Crippen LogP contribution in [0.5, 0.6) is 0 Å². The van der Waals surface area contributed by atoms with Crippen molar-refractivity contribution in [1.29, 1.82) is 0 Å². The molecule has 1 aliphatic heterocycles. The van der Waals surface area contributed by atoms with Crippen molar-refractivity contribution >= 4 is 0 Å². The maximum atomic E-state index is 4.31. The van der Waals surface area contributed by atoms with Crippen molar-refractivity contribution in [2.45, 2.75) is 6.17 Å². The van der Waals surface area contributed by atoms with E-state index in [4.69, 9.17) is 0 Å². The van der Waals surface area contributed by atoms with Gasteiger partial charge in [-0.25, -0.2) is 0 Å². The van der Waals surface area contributed by atoms with E-state index in [0.29, 0.717) is 6.67 Å². The quantitative estimate of drug-likeness (QED) is 0.546. The molecule has 1 unspecified atom stereocenters. The minimum Gasteiger partial charge on any atom is -0.573 e. The first-order chi connectivity index (χ1) is 5.86. The van der Waals surface area contributed by atoms with Gasteiger partial charge in [-0.15, -0.1) is 0 Å². The molecule has 0 amide bonds. The predicted octanol–water partition coefficient (Wildman–Crippen LogP) is 1.92. The largest absolute Gasteiger partial charge is 0.573 e. The van der Waals surface area contributed by atoms with Crippen LogP contribution < -0.4 is 0 Å². The second kappa shape index (κ2) is 4.61. The molecule has 0 spiro atoms. The van der Waals surface area contributed by atoms with Crippen LogP contribution in [-0.4, -0.2) is 18.4 Å². The molecule has 1 atom stereocenters. The van der Waals surface area contributed by atoms with E-state index in [2.05, 4.69) is 16.5 Å². The average Bonchev–Trinajstić information content (AvgIpc) is 2.54. The number of nitrogens with zero attached hydrogens (tertiary/aromatic N) is 3. The third-order valence-corrected chi connectivity index (χ3v) is 1.78. The van der Waals surface area contributed by atoms with E-state index >= 15 is 0 Å². The molecule has 0 N–H and O–H groups in total. The molecule has 0 bridgehead atoms. The molecule has 0 aliphatic carbocycles. The van der Waals surface area contributed by atoms with Crippen molar-refractivity contribution < 1.29 is 24.8 Å². The Labute approximate surface area is 91.2 Å². The van der Waals surface area contributed by atoms with E-state index in [1.54, 1.807) is 0 Å². The van der Waals surface area contributed by atoms with E-state index in [-0.39, 0.29) is 26.3 Å². The van der Waals surface area contributed by atoms with Gasteiger partial charge in [0.05, 0.1) is 6.67 Å². The Bertz CT molecular complexity index is 297. The van der Waals surface area contributed by atoms with Crippen LogP contribution >= 0.6 is 0 Å². The summed E-state index contributed by atoms with van der Waals surface area (Å²) in [4.78, 5) is 0. The normalized spacial score (nSPS) is 20.7. The van der Waals surface area contributed by atoms with Gasteiger partial charge in [0.15, 0.2) is 7.05 Å². The Morgan fingerprint density at radius 2 is 2.46 bits per heavy atom. The Kier molecular flexibility index (Phi) is 3.72. The maximum Gasteiger partial charge on any atom is 0.156 e. The standard InChI is InChI=1S/C9H10N3.Ir/c1-12-7-10-9(11-12)8-5-3-2-4-6-8;/h2-5,9H,7H2,1H3;/q-1;. The van der Waals surface area contributed by atoms with Gasteiger partial charge in [-0.1, -0.05) is 5.11 Å². The second-order valence-electron chi connectivity index (χ2n) is 2.79. The molecule has 71 valence electrons. The minimum absolute atomic E-state index is 0. The Balaban J connectivity index is 0.000000845. The summed E-state index contributed by atoms with van der Waals surface area (Å²) in [5, 5.41) is 8.61. The van der Waals surface area contributed by atoms with Crippen LogP contribution in [0.1, 0.15) is 11.7 Å². The molecule has 1 radical (unpaired) electrons. The van der Waals surface area contributed by atoms with E-state index < -0.39 is 0 Å². The van der Waals surface area contributed by atoms with Gasteiger partial charge < -0.3 is 5.32 Å². The molecular formula is C9H10IrN3-. The summed E-state index contributed by atoms with van der Waals surface area (Å²) in [5.74, 6) is 0. The molecule has 1 aromatic rings. The van der Waals surface area contributed by atoms with Crippen LogP contribution in [0.2, 0.25) is 0 Å². The number of azo groups is 2. The van der Waals surface area contributed by atoms with Crippen molar-refractivity contribution in [2.75, 3.05) is 13.7 Å². The Morgan fingerprint density at radius 3 is 3.00 bits per heavy atom. The van der Waals surface area contributed by atoms with Crippen LogP contribution in [0.4, 0.5) is 0 Å². The fraction of sp³-hybridized carbons (Fsp3) is 0.333. The van der Waals surface area contributed by atoms with Crippen molar-refractivity contribution in [1.82, 2.24) is 0 Å². The van der Waals surface area contributed by atoms with Crippen LogP contribution in [0, 0.1) is 6.07 Å². The van der Waals surface area contributed by atoms with E-state index in [1.165, 1.54) is 0 Å². The topological polar surface area (TPSA) is 29.5 Å². The molecule has 0 aromatic heterocycles. The summed E-state index contributed by atoms with van der Waals surface area (Å²) in [7, 11) is 1.92. The van der Waals surface area contributed by atoms with Crippen LogP contribution in [0.25, 0.3) is 5.32 Å². The van der Waals surface area contributed by atoms with Gasteiger partial charge in [-0.3, -0.25) is 0 Å². The number of hydrogen-bond acceptors (Lipinski definition) is 1. The number of rotatable bonds is 1. The molecule has 4 heteroatoms. The molecule has 1 heterocycles. The first-order valence-electron chi connectivity index (χ1n) is 3.91. The monoisotopic (exact) mass is 353 g/mol. The fourth-order valence-corrected chi connectivity index (χ4v) is 1.18. The van der Waals surface area contributed by atoms with Gasteiger partial charge in [-0.2, -0.15) is 40.6 Å². The van der Waals surface area contributed by atoms with Gasteiger partial charge in [0, 0.05) is 26.3 Å². The molecule has 0 fully saturated rings. The number of benzene rings is 1. The molecule has 0 saturated carbocycles. The van der Waals surface area contributed by atoms with E-state index in [1.807, 2.05) is 36.0 Å². The van der Waals surface area contributed by atoms with Gasteiger partial charge in [0.25, 0.3) is 0 Å². The third-order valence-electron chi connectivity index (χ3n) is 1.78. The molecule has 1 aromatic carbocycles. The first kappa shape index (κ1) is 10.5. The zero-order chi connectivity index (χ0) is 8.39. The van der Waals surface area contributed by atoms with Gasteiger partial charge in [0.1, 0.15) is 0 Å². The van der Waals surface area contributed by atoms with Crippen molar-refractivity contribution in [3.8, 4) is 0 Å². The van der Waals surface area contributed by atoms with Crippen LogP contribution in [-0.2, 0) is 20.1 Å². The molecule has 3 nitrogen and oxygen atoms in total. The van der Waals surface area contributed by atoms with Crippen molar-refractivity contribution in [3.63, 3.8) is 0 Å². The fourth-order valence-electron chi connectivity index (χ4n) is 1.18. The Morgan fingerprint density at radius 1 is 1.62 bits per heavy atom. The average molecular weight is 352 g/mol. The van der Waals surface area contributed by atoms with Crippen LogP contribution in [0.3, 0.4) is 0 Å². The molecule has 0 saturated heterocycles. The summed E-state index contributed by atoms with van der Waals surface area (Å²) in [5.41, 5.74) is 1.04. The third kappa shape index (κ3) is 2.43. The maximum absolute atomic E-state index is 4.31. The van der Waals surface area contributed by atoms with E-state index in [9.17, 15) is 0 Å². The summed E-state index contributed by atoms with van der Waals surface area (Å²) in [6.07, 6.45) is -0.0313. The summed E-state index contributed by atoms with van der Waals surface area (Å²) in [6, 6.07) is 10.9. The zero-order valence-corrected chi connectivity index (χ0v) is 9.66. The van der Waals surface area contributed by atoms with Gasteiger partial charge in [-0.05, 0) is 0 Å². The molecule has 2 rings (SSSR count). The van der Waals surface area contributed by atoms with Crippen LogP contribution in [0.15, 0.2) is 29.4 Å². The molecule has 1 aliphatic rings. The summed E-state index contributed by atoms with van der Waals surface area (Å²) in [6.45, 7) is 0.688. The SMILES string of the molecule is C[N+]1=NC(c2[c-]cccc2)[N-]C1.[Ir]. The number of hydrogen-bond donors (Lipinski definition) is 0. The smallest absolute Gasteiger partial charge is 0.156 e. The molecular weight excluding hydrogens is 342 g/mol. The van der Waals surface area contributed by atoms with E-state index in [0.717, 1.165) is 5.56 Å². The summed E-state index contributed by atoms with van der Waals surface area (Å²) >= 11 is 0. The van der Waals surface area contributed by atoms with Gasteiger partial charge in [0.2, 0.25) is 0 Å². The Hall–Kier alpha value is -0.571. The predicted molar refractivity (Wildman–Crippen MR) is 44.9 cm³/mol. The first-order valence-corrected chi connectivity index (χ1v) is 3.91. The minimum atomic E-state index is -0.0313. The van der Waals surface area contributed by atoms with Crippen molar-refractivity contribution in [2.24, 2.45) is 5.11 Å². The zero-order valence-electron chi connectivity index (χ0n) is 7.27. The second-order valence-corrected chi connectivity index (χ2v) is 2.79. The van der Waals surface area contributed by atoms with Gasteiger partial charge >= 0.3 is 0 Å². The molecule has 13 heavy (non-hydrogen) atoms.